The zero-order chi connectivity index (χ0) is 20.6. The van der Waals surface area contributed by atoms with Crippen molar-refractivity contribution in [2.75, 3.05) is 6.61 Å². The SMILES string of the molecule is O=C(O)CCC[C@H](O)[C@H](O)/C=C/C=C/C=C\C=C\[C@@H](O)COc1ccccc1. The lowest BCUT2D eigenvalue weighted by Gasteiger charge is -2.13. The number of aliphatic carboxylic acids is 1. The summed E-state index contributed by atoms with van der Waals surface area (Å²) in [5.74, 6) is -0.216. The van der Waals surface area contributed by atoms with Crippen molar-refractivity contribution < 1.29 is 30.0 Å². The summed E-state index contributed by atoms with van der Waals surface area (Å²) in [7, 11) is 0. The van der Waals surface area contributed by atoms with E-state index in [4.69, 9.17) is 9.84 Å². The largest absolute Gasteiger partial charge is 0.491 e. The molecule has 152 valence electrons. The van der Waals surface area contributed by atoms with Crippen molar-refractivity contribution in [2.24, 2.45) is 0 Å². The second-order valence-electron chi connectivity index (χ2n) is 6.07. The Kier molecular flexibility index (Phi) is 12.0. The molecule has 0 saturated carbocycles. The molecule has 1 aromatic rings. The van der Waals surface area contributed by atoms with Crippen LogP contribution in [0.1, 0.15) is 19.3 Å². The summed E-state index contributed by atoms with van der Waals surface area (Å²) in [5, 5.41) is 37.8. The third-order valence-corrected chi connectivity index (χ3v) is 3.65. The van der Waals surface area contributed by atoms with Crippen LogP contribution in [0.15, 0.2) is 78.9 Å². The van der Waals surface area contributed by atoms with Gasteiger partial charge in [-0.1, -0.05) is 66.8 Å². The molecule has 4 N–H and O–H groups in total. The minimum atomic E-state index is -1.04. The Labute approximate surface area is 165 Å². The van der Waals surface area contributed by atoms with E-state index < -0.39 is 24.3 Å². The molecule has 0 saturated heterocycles. The van der Waals surface area contributed by atoms with Gasteiger partial charge in [-0.05, 0) is 25.0 Å². The van der Waals surface area contributed by atoms with Crippen molar-refractivity contribution >= 4 is 5.97 Å². The molecule has 6 heteroatoms. The van der Waals surface area contributed by atoms with Crippen molar-refractivity contribution in [1.82, 2.24) is 0 Å². The number of para-hydroxylation sites is 1. The molecule has 0 spiro atoms. The fourth-order valence-electron chi connectivity index (χ4n) is 2.14. The molecule has 0 fully saturated rings. The van der Waals surface area contributed by atoms with E-state index in [9.17, 15) is 20.1 Å². The third kappa shape index (κ3) is 11.9. The Morgan fingerprint density at radius 1 is 0.929 bits per heavy atom. The summed E-state index contributed by atoms with van der Waals surface area (Å²) in [6, 6.07) is 9.25. The van der Waals surface area contributed by atoms with Gasteiger partial charge in [0.05, 0.1) is 12.2 Å². The molecule has 0 aliphatic heterocycles. The van der Waals surface area contributed by atoms with E-state index >= 15 is 0 Å². The first-order valence-electron chi connectivity index (χ1n) is 9.11. The average molecular weight is 388 g/mol. The first-order valence-corrected chi connectivity index (χ1v) is 9.11. The van der Waals surface area contributed by atoms with Crippen LogP contribution >= 0.6 is 0 Å². The highest BCUT2D eigenvalue weighted by molar-refractivity contribution is 5.66. The molecule has 0 radical (unpaired) electrons. The number of rotatable bonds is 13. The fraction of sp³-hybridized carbons (Fsp3) is 0.318. The number of hydrogen-bond donors (Lipinski definition) is 4. The van der Waals surface area contributed by atoms with Crippen LogP contribution in [0.25, 0.3) is 0 Å². The molecular formula is C22H28O6. The van der Waals surface area contributed by atoms with E-state index in [1.807, 2.05) is 30.3 Å². The first kappa shape index (κ1) is 23.4. The molecule has 0 unspecified atom stereocenters. The molecule has 0 heterocycles. The van der Waals surface area contributed by atoms with E-state index in [-0.39, 0.29) is 19.4 Å². The Morgan fingerprint density at radius 3 is 2.18 bits per heavy atom. The van der Waals surface area contributed by atoms with Crippen LogP contribution in [-0.4, -0.2) is 51.3 Å². The third-order valence-electron chi connectivity index (χ3n) is 3.65. The fourth-order valence-corrected chi connectivity index (χ4v) is 2.14. The van der Waals surface area contributed by atoms with Crippen molar-refractivity contribution in [1.29, 1.82) is 0 Å². The van der Waals surface area contributed by atoms with Crippen LogP contribution in [0.5, 0.6) is 5.75 Å². The number of carboxylic acid groups (broad SMARTS) is 1. The van der Waals surface area contributed by atoms with Gasteiger partial charge in [0.25, 0.3) is 0 Å². The number of hydrogen-bond acceptors (Lipinski definition) is 5. The molecule has 0 aromatic heterocycles. The molecule has 28 heavy (non-hydrogen) atoms. The van der Waals surface area contributed by atoms with E-state index in [1.165, 1.54) is 6.08 Å². The van der Waals surface area contributed by atoms with Gasteiger partial charge in [-0.15, -0.1) is 0 Å². The maximum Gasteiger partial charge on any atom is 0.303 e. The standard InChI is InChI=1S/C22H28O6/c23-18(17-28-19-12-7-5-8-13-19)11-6-3-1-2-4-9-14-20(24)21(25)15-10-16-22(26)27/h1-9,11-14,18,20-21,23-25H,10,15-17H2,(H,26,27)/b3-1-,4-2+,11-6+,14-9+/t18-,20-,21+/m1/s1. The Balaban J connectivity index is 2.22. The zero-order valence-electron chi connectivity index (χ0n) is 15.7. The number of allylic oxidation sites excluding steroid dienone is 6. The van der Waals surface area contributed by atoms with Crippen LogP contribution in [0.4, 0.5) is 0 Å². The Hall–Kier alpha value is -2.67. The molecule has 6 nitrogen and oxygen atoms in total. The van der Waals surface area contributed by atoms with E-state index in [2.05, 4.69) is 0 Å². The second-order valence-corrected chi connectivity index (χ2v) is 6.07. The number of benzene rings is 1. The van der Waals surface area contributed by atoms with Gasteiger partial charge >= 0.3 is 5.97 Å². The zero-order valence-corrected chi connectivity index (χ0v) is 15.7. The van der Waals surface area contributed by atoms with Gasteiger partial charge < -0.3 is 25.2 Å². The van der Waals surface area contributed by atoms with Crippen LogP contribution in [-0.2, 0) is 4.79 Å². The van der Waals surface area contributed by atoms with E-state index in [0.717, 1.165) is 0 Å². The quantitative estimate of drug-likeness (QED) is 0.387. The highest BCUT2D eigenvalue weighted by atomic mass is 16.5. The number of aliphatic hydroxyl groups excluding tert-OH is 3. The van der Waals surface area contributed by atoms with E-state index in [0.29, 0.717) is 12.2 Å². The Bertz CT molecular complexity index is 663. The normalized spacial score (nSPS) is 15.5. The van der Waals surface area contributed by atoms with Gasteiger partial charge in [0.1, 0.15) is 18.5 Å². The van der Waals surface area contributed by atoms with Gasteiger partial charge in [0, 0.05) is 6.42 Å². The van der Waals surface area contributed by atoms with Gasteiger partial charge in [-0.25, -0.2) is 0 Å². The summed E-state index contributed by atoms with van der Waals surface area (Å²) >= 11 is 0. The van der Waals surface area contributed by atoms with Crippen LogP contribution in [0.3, 0.4) is 0 Å². The first-order chi connectivity index (χ1) is 13.5. The summed E-state index contributed by atoms with van der Waals surface area (Å²) in [6.07, 6.45) is 11.0. The lowest BCUT2D eigenvalue weighted by atomic mass is 10.1. The number of carboxylic acids is 1. The summed E-state index contributed by atoms with van der Waals surface area (Å²) < 4.78 is 5.43. The van der Waals surface area contributed by atoms with Gasteiger partial charge in [0.15, 0.2) is 0 Å². The highest BCUT2D eigenvalue weighted by Gasteiger charge is 2.12. The van der Waals surface area contributed by atoms with Crippen molar-refractivity contribution in [2.45, 2.75) is 37.6 Å². The maximum atomic E-state index is 10.4. The lowest BCUT2D eigenvalue weighted by Crippen LogP contribution is -2.23. The maximum absolute atomic E-state index is 10.4. The topological polar surface area (TPSA) is 107 Å². The summed E-state index contributed by atoms with van der Waals surface area (Å²) in [4.78, 5) is 10.4. The highest BCUT2D eigenvalue weighted by Crippen LogP contribution is 2.09. The lowest BCUT2D eigenvalue weighted by molar-refractivity contribution is -0.137. The smallest absolute Gasteiger partial charge is 0.303 e. The summed E-state index contributed by atoms with van der Waals surface area (Å²) in [6.45, 7) is 0.166. The number of carbonyl (C=O) groups is 1. The minimum Gasteiger partial charge on any atom is -0.491 e. The van der Waals surface area contributed by atoms with Gasteiger partial charge in [-0.3, -0.25) is 4.79 Å². The van der Waals surface area contributed by atoms with Crippen molar-refractivity contribution in [3.8, 4) is 5.75 Å². The molecule has 3 atom stereocenters. The number of ether oxygens (including phenoxy) is 1. The van der Waals surface area contributed by atoms with Gasteiger partial charge in [-0.2, -0.15) is 0 Å². The second kappa shape index (κ2) is 14.4. The van der Waals surface area contributed by atoms with Crippen LogP contribution < -0.4 is 4.74 Å². The molecule has 0 aliphatic carbocycles. The predicted octanol–water partition coefficient (Wildman–Crippen LogP) is 2.63. The summed E-state index contributed by atoms with van der Waals surface area (Å²) in [5.41, 5.74) is 0. The van der Waals surface area contributed by atoms with Crippen molar-refractivity contribution in [3.63, 3.8) is 0 Å². The predicted molar refractivity (Wildman–Crippen MR) is 108 cm³/mol. The molecule has 0 aliphatic rings. The Morgan fingerprint density at radius 2 is 1.54 bits per heavy atom. The van der Waals surface area contributed by atoms with Gasteiger partial charge in [0.2, 0.25) is 0 Å². The van der Waals surface area contributed by atoms with Crippen molar-refractivity contribution in [3.05, 3.63) is 78.9 Å². The average Bonchev–Trinajstić information content (AvgIpc) is 2.68. The monoisotopic (exact) mass is 388 g/mol. The molecule has 1 rings (SSSR count). The minimum absolute atomic E-state index is 0.0290. The molecule has 1 aromatic carbocycles. The molecular weight excluding hydrogens is 360 g/mol. The van der Waals surface area contributed by atoms with Crippen LogP contribution in [0, 0.1) is 0 Å². The molecule has 0 amide bonds. The number of aliphatic hydroxyl groups is 3. The molecule has 0 bridgehead atoms. The van der Waals surface area contributed by atoms with E-state index in [1.54, 1.807) is 42.5 Å². The van der Waals surface area contributed by atoms with Crippen LogP contribution in [0.2, 0.25) is 0 Å².